The lowest BCUT2D eigenvalue weighted by molar-refractivity contribution is 0.0697. The summed E-state index contributed by atoms with van der Waals surface area (Å²) in [5, 5.41) is 15.1. The maximum atomic E-state index is 14.3. The molecule has 2 amide bonds. The number of nitrogens with one attached hydrogen (secondary N) is 2. The zero-order chi connectivity index (χ0) is 25.2. The Bertz CT molecular complexity index is 1190. The number of benzene rings is 1. The number of hydrogen-bond acceptors (Lipinski definition) is 6. The molecule has 0 bridgehead atoms. The van der Waals surface area contributed by atoms with Crippen LogP contribution in [0.1, 0.15) is 28.4 Å². The first-order valence-corrected chi connectivity index (χ1v) is 10.4. The van der Waals surface area contributed by atoms with E-state index in [2.05, 4.69) is 27.2 Å². The molecule has 1 aliphatic rings. The Labute approximate surface area is 195 Å². The number of aromatic nitrogens is 2. The molecule has 0 spiro atoms. The molecule has 180 valence electrons. The van der Waals surface area contributed by atoms with Crippen molar-refractivity contribution in [2.75, 3.05) is 37.4 Å². The molecule has 2 heterocycles. The smallest absolute Gasteiger partial charge is 0.335 e. The monoisotopic (exact) mass is 472 g/mol. The average molecular weight is 472 g/mol. The van der Waals surface area contributed by atoms with Crippen molar-refractivity contribution in [3.8, 4) is 11.3 Å². The zero-order valence-corrected chi connectivity index (χ0v) is 19.4. The number of rotatable bonds is 8. The number of fused-ring (bicyclic) bond motifs is 1. The minimum absolute atomic E-state index is 0.0213. The van der Waals surface area contributed by atoms with Gasteiger partial charge in [0.25, 0.3) is 0 Å². The van der Waals surface area contributed by atoms with Gasteiger partial charge in [-0.3, -0.25) is 0 Å². The predicted molar refractivity (Wildman–Crippen MR) is 125 cm³/mol. The number of aryl methyl sites for hydroxylation is 1. The molecule has 1 aromatic carbocycles. The number of urea groups is 1. The van der Waals surface area contributed by atoms with Crippen LogP contribution in [0.5, 0.6) is 0 Å². The van der Waals surface area contributed by atoms with Crippen LogP contribution in [0.4, 0.5) is 25.3 Å². The Kier molecular flexibility index (Phi) is 7.26. The molecule has 0 radical (unpaired) electrons. The summed E-state index contributed by atoms with van der Waals surface area (Å²) < 4.78 is 28.6. The van der Waals surface area contributed by atoms with Gasteiger partial charge in [0, 0.05) is 24.2 Å². The van der Waals surface area contributed by atoms with Gasteiger partial charge in [0.05, 0.1) is 17.8 Å². The molecule has 1 aromatic heterocycles. The minimum atomic E-state index is -1.14. The highest BCUT2D eigenvalue weighted by Gasteiger charge is 2.34. The number of hydrogen-bond donors (Lipinski definition) is 3. The third kappa shape index (κ3) is 5.04. The molecule has 0 fully saturated rings. The summed E-state index contributed by atoms with van der Waals surface area (Å²) in [6.45, 7) is 7.03. The lowest BCUT2D eigenvalue weighted by atomic mass is 9.98. The quantitative estimate of drug-likeness (QED) is 0.501. The summed E-state index contributed by atoms with van der Waals surface area (Å²) in [4.78, 5) is 36.0. The number of aromatic carboxylic acids is 1. The first-order valence-electron chi connectivity index (χ1n) is 10.4. The van der Waals surface area contributed by atoms with Gasteiger partial charge in [-0.25, -0.2) is 28.3 Å². The Morgan fingerprint density at radius 2 is 2.03 bits per heavy atom. The lowest BCUT2D eigenvalue weighted by Gasteiger charge is -2.31. The van der Waals surface area contributed by atoms with E-state index in [1.165, 1.54) is 12.1 Å². The van der Waals surface area contributed by atoms with Crippen molar-refractivity contribution in [1.29, 1.82) is 0 Å². The fourth-order valence-corrected chi connectivity index (χ4v) is 3.53. The van der Waals surface area contributed by atoms with E-state index in [1.54, 1.807) is 13.0 Å². The number of allylic oxidation sites excluding steroid dienone is 2. The number of halogens is 2. The number of amides is 2. The summed E-state index contributed by atoms with van der Waals surface area (Å²) >= 11 is 0. The second kappa shape index (κ2) is 9.96. The van der Waals surface area contributed by atoms with Gasteiger partial charge >= 0.3 is 12.0 Å². The number of anilines is 2. The van der Waals surface area contributed by atoms with Crippen molar-refractivity contribution < 1.29 is 23.5 Å². The minimum Gasteiger partial charge on any atom is -0.478 e. The Morgan fingerprint density at radius 3 is 2.62 bits per heavy atom. The van der Waals surface area contributed by atoms with Crippen LogP contribution < -0.4 is 15.5 Å². The molecule has 3 N–H and O–H groups in total. The summed E-state index contributed by atoms with van der Waals surface area (Å²) in [5.41, 5.74) is 1.32. The van der Waals surface area contributed by atoms with E-state index in [-0.39, 0.29) is 23.9 Å². The van der Waals surface area contributed by atoms with Gasteiger partial charge in [-0.2, -0.15) is 4.98 Å². The maximum absolute atomic E-state index is 14.3. The van der Waals surface area contributed by atoms with Gasteiger partial charge < -0.3 is 20.6 Å². The van der Waals surface area contributed by atoms with Gasteiger partial charge in [-0.1, -0.05) is 12.6 Å². The molecular formula is C23H26F2N6O3. The number of carbonyl (C=O) groups excluding carboxylic acids is 1. The highest BCUT2D eigenvalue weighted by molar-refractivity contribution is 5.99. The molecule has 3 rings (SSSR count). The Balaban J connectivity index is 2.28. The van der Waals surface area contributed by atoms with Crippen LogP contribution in [-0.2, 0) is 6.54 Å². The first kappa shape index (κ1) is 24.8. The first-order chi connectivity index (χ1) is 16.0. The molecule has 9 nitrogen and oxygen atoms in total. The number of likely N-dealkylation sites (N-methyl/N-ethyl adjacent to an activating group) is 1. The highest BCUT2D eigenvalue weighted by Crippen LogP contribution is 2.37. The summed E-state index contributed by atoms with van der Waals surface area (Å²) in [6.07, 6.45) is 0. The highest BCUT2D eigenvalue weighted by atomic mass is 19.1. The van der Waals surface area contributed by atoms with Crippen molar-refractivity contribution in [2.45, 2.75) is 20.4 Å². The van der Waals surface area contributed by atoms with Crippen molar-refractivity contribution >= 4 is 23.8 Å². The van der Waals surface area contributed by atoms with E-state index in [9.17, 15) is 23.5 Å². The van der Waals surface area contributed by atoms with Crippen LogP contribution in [0.25, 0.3) is 11.3 Å². The molecule has 11 heteroatoms. The number of carboxylic acid groups (broad SMARTS) is 1. The van der Waals surface area contributed by atoms with E-state index in [0.717, 1.165) is 17.4 Å². The fourth-order valence-electron chi connectivity index (χ4n) is 3.53. The lowest BCUT2D eigenvalue weighted by Crippen LogP contribution is -2.45. The van der Waals surface area contributed by atoms with E-state index >= 15 is 0 Å². The molecule has 2 aromatic rings. The van der Waals surface area contributed by atoms with Crippen LogP contribution >= 0.6 is 0 Å². The number of nitrogens with zero attached hydrogens (tertiary/aromatic N) is 4. The molecule has 0 unspecified atom stereocenters. The largest absolute Gasteiger partial charge is 0.478 e. The van der Waals surface area contributed by atoms with Gasteiger partial charge in [0.15, 0.2) is 5.82 Å². The van der Waals surface area contributed by atoms with Crippen LogP contribution in [-0.4, -0.2) is 59.2 Å². The van der Waals surface area contributed by atoms with E-state index < -0.39 is 29.4 Å². The normalized spacial score (nSPS) is 13.9. The third-order valence-electron chi connectivity index (χ3n) is 5.21. The van der Waals surface area contributed by atoms with Gasteiger partial charge in [-0.05, 0) is 45.6 Å². The van der Waals surface area contributed by atoms with E-state index in [4.69, 9.17) is 0 Å². The van der Waals surface area contributed by atoms with Crippen LogP contribution in [0, 0.1) is 6.92 Å². The summed E-state index contributed by atoms with van der Waals surface area (Å²) in [6, 6.07) is 3.81. The van der Waals surface area contributed by atoms with Crippen LogP contribution in [0.3, 0.4) is 0 Å². The summed E-state index contributed by atoms with van der Waals surface area (Å²) in [5.74, 6) is -3.12. The van der Waals surface area contributed by atoms with Crippen molar-refractivity contribution in [1.82, 2.24) is 20.2 Å². The van der Waals surface area contributed by atoms with Gasteiger partial charge in [-0.15, -0.1) is 0 Å². The maximum Gasteiger partial charge on any atom is 0.335 e. The number of carboxylic acids is 1. The molecule has 1 aliphatic heterocycles. The van der Waals surface area contributed by atoms with Crippen molar-refractivity contribution in [3.63, 3.8) is 0 Å². The number of carbonyl (C=O) groups is 2. The molecule has 0 saturated carbocycles. The zero-order valence-electron chi connectivity index (χ0n) is 19.4. The van der Waals surface area contributed by atoms with Crippen LogP contribution in [0.2, 0.25) is 0 Å². The van der Waals surface area contributed by atoms with Gasteiger partial charge in [0.2, 0.25) is 5.95 Å². The third-order valence-corrected chi connectivity index (χ3v) is 5.21. The topological polar surface area (TPSA) is 111 Å². The van der Waals surface area contributed by atoms with Gasteiger partial charge in [0.1, 0.15) is 17.4 Å². The molecule has 34 heavy (non-hydrogen) atoms. The Morgan fingerprint density at radius 1 is 1.32 bits per heavy atom. The summed E-state index contributed by atoms with van der Waals surface area (Å²) in [7, 11) is 3.78. The SMILES string of the molecule is C=C(F)/C(=C(\C)F)N1C(=O)NCc2c(-c3cc(C(=O)O)ccc3C)nc(NCCN(C)C)nc21. The average Bonchev–Trinajstić information content (AvgIpc) is 2.74. The second-order valence-electron chi connectivity index (χ2n) is 8.04. The second-order valence-corrected chi connectivity index (χ2v) is 8.04. The van der Waals surface area contributed by atoms with E-state index in [0.29, 0.717) is 29.9 Å². The standard InChI is InChI=1S/C23H26F2N6O3/c1-12-6-7-15(21(32)33)10-16(12)18-17-11-27-23(34)31(19(13(2)24)14(3)25)20(17)29-22(28-18)26-8-9-30(4)5/h6-7,10H,2,8-9,11H2,1,3-5H3,(H,27,34)(H,32,33)(H,26,28,29)/b19-14-. The molecule has 0 atom stereocenters. The molecule has 0 saturated heterocycles. The van der Waals surface area contributed by atoms with Crippen molar-refractivity contribution in [2.24, 2.45) is 0 Å². The molecular weight excluding hydrogens is 446 g/mol. The Hall–Kier alpha value is -3.86. The van der Waals surface area contributed by atoms with Crippen LogP contribution in [0.15, 0.2) is 42.1 Å². The van der Waals surface area contributed by atoms with Crippen molar-refractivity contribution in [3.05, 3.63) is 58.8 Å². The molecule has 0 aliphatic carbocycles. The van der Waals surface area contributed by atoms with E-state index in [1.807, 2.05) is 19.0 Å². The fraction of sp³-hybridized carbons (Fsp3) is 0.304. The predicted octanol–water partition coefficient (Wildman–Crippen LogP) is 3.84.